The molecule has 0 unspecified atom stereocenters. The third-order valence-corrected chi connectivity index (χ3v) is 4.62. The largest absolute Gasteiger partial charge is 0.463 e. The number of carbonyl (C=O) groups excluding carboxylic acids is 1. The average molecular weight is 357 g/mol. The van der Waals surface area contributed by atoms with Gasteiger partial charge in [-0.25, -0.2) is 0 Å². The Hall–Kier alpha value is -0.570. The molecule has 0 N–H and O–H groups in total. The first-order chi connectivity index (χ1) is 12.3. The minimum Gasteiger partial charge on any atom is -0.463 e. The van der Waals surface area contributed by atoms with Crippen LogP contribution in [-0.4, -0.2) is 25.8 Å². The van der Waals surface area contributed by atoms with E-state index < -0.39 is 0 Å². The van der Waals surface area contributed by atoms with Gasteiger partial charge in [0.05, 0.1) is 6.61 Å². The van der Waals surface area contributed by atoms with Crippen LogP contribution in [0.4, 0.5) is 0 Å². The van der Waals surface area contributed by atoms with Crippen molar-refractivity contribution in [3.8, 4) is 0 Å². The zero-order chi connectivity index (χ0) is 18.4. The first kappa shape index (κ1) is 24.4. The quantitative estimate of drug-likeness (QED) is 0.177. The molecule has 150 valence electrons. The normalized spacial score (nSPS) is 11.0. The molecule has 3 heteroatoms. The van der Waals surface area contributed by atoms with Gasteiger partial charge in [0, 0.05) is 13.0 Å². The van der Waals surface area contributed by atoms with Gasteiger partial charge in [-0.15, -0.1) is 0 Å². The van der Waals surface area contributed by atoms with E-state index in [1.807, 2.05) is 0 Å². The maximum atomic E-state index is 11.5. The van der Waals surface area contributed by atoms with E-state index in [4.69, 9.17) is 9.47 Å². The molecule has 0 aromatic rings. The minimum atomic E-state index is -0.0746. The molecule has 3 nitrogen and oxygen atoms in total. The highest BCUT2D eigenvalue weighted by atomic mass is 16.6. The summed E-state index contributed by atoms with van der Waals surface area (Å²) < 4.78 is 10.7. The van der Waals surface area contributed by atoms with Crippen LogP contribution in [0.1, 0.15) is 117 Å². The number of hydrogen-bond acceptors (Lipinski definition) is 3. The highest BCUT2D eigenvalue weighted by Gasteiger charge is 2.02. The highest BCUT2D eigenvalue weighted by Crippen LogP contribution is 2.11. The maximum Gasteiger partial charge on any atom is 0.305 e. The number of ether oxygens (including phenoxy) is 2. The van der Waals surface area contributed by atoms with E-state index in [0.29, 0.717) is 19.6 Å². The fourth-order valence-corrected chi connectivity index (χ4v) is 2.95. The van der Waals surface area contributed by atoms with E-state index in [9.17, 15) is 4.79 Å². The van der Waals surface area contributed by atoms with Gasteiger partial charge in [-0.2, -0.15) is 0 Å². The third kappa shape index (κ3) is 21.4. The predicted octanol–water partition coefficient (Wildman–Crippen LogP) is 6.83. The van der Waals surface area contributed by atoms with E-state index in [2.05, 4.69) is 13.8 Å². The van der Waals surface area contributed by atoms with Crippen molar-refractivity contribution in [3.63, 3.8) is 0 Å². The Bertz CT molecular complexity index is 266. The molecule has 0 fully saturated rings. The van der Waals surface area contributed by atoms with Crippen LogP contribution in [0.3, 0.4) is 0 Å². The summed E-state index contributed by atoms with van der Waals surface area (Å²) >= 11 is 0. The molecular formula is C22H44O3. The lowest BCUT2D eigenvalue weighted by Gasteiger charge is -2.06. The molecule has 0 aliphatic rings. The van der Waals surface area contributed by atoms with Crippen LogP contribution in [0.25, 0.3) is 0 Å². The Kier molecular flexibility index (Phi) is 21.0. The molecule has 0 radical (unpaired) electrons. The summed E-state index contributed by atoms with van der Waals surface area (Å²) in [5.74, 6) is -0.0746. The molecule has 0 aromatic heterocycles. The van der Waals surface area contributed by atoms with Crippen molar-refractivity contribution < 1.29 is 14.3 Å². The SMILES string of the molecule is CCCCCCCCCCCCCOCCOC(=O)CCCCCC. The molecule has 0 bridgehead atoms. The fourth-order valence-electron chi connectivity index (χ4n) is 2.95. The summed E-state index contributed by atoms with van der Waals surface area (Å²) in [6.45, 7) is 6.19. The minimum absolute atomic E-state index is 0.0746. The Labute approximate surface area is 157 Å². The molecule has 0 spiro atoms. The van der Waals surface area contributed by atoms with Crippen molar-refractivity contribution in [2.24, 2.45) is 0 Å². The van der Waals surface area contributed by atoms with Gasteiger partial charge < -0.3 is 9.47 Å². The van der Waals surface area contributed by atoms with E-state index in [-0.39, 0.29) is 5.97 Å². The summed E-state index contributed by atoms with van der Waals surface area (Å²) in [5.41, 5.74) is 0. The average Bonchev–Trinajstić information content (AvgIpc) is 2.62. The van der Waals surface area contributed by atoms with Crippen LogP contribution in [-0.2, 0) is 14.3 Å². The van der Waals surface area contributed by atoms with Gasteiger partial charge in [-0.3, -0.25) is 4.79 Å². The van der Waals surface area contributed by atoms with Gasteiger partial charge in [-0.05, 0) is 12.8 Å². The van der Waals surface area contributed by atoms with Gasteiger partial charge in [-0.1, -0.05) is 97.3 Å². The Morgan fingerprint density at radius 2 is 1.04 bits per heavy atom. The Morgan fingerprint density at radius 1 is 0.560 bits per heavy atom. The Balaban J connectivity index is 3.08. The van der Waals surface area contributed by atoms with Crippen LogP contribution < -0.4 is 0 Å². The summed E-state index contributed by atoms with van der Waals surface area (Å²) in [4.78, 5) is 11.5. The van der Waals surface area contributed by atoms with Crippen molar-refractivity contribution in [1.29, 1.82) is 0 Å². The second-order valence-electron chi connectivity index (χ2n) is 7.18. The first-order valence-electron chi connectivity index (χ1n) is 11.0. The van der Waals surface area contributed by atoms with Crippen LogP contribution in [0, 0.1) is 0 Å². The lowest BCUT2D eigenvalue weighted by atomic mass is 10.1. The van der Waals surface area contributed by atoms with Gasteiger partial charge in [0.2, 0.25) is 0 Å². The zero-order valence-electron chi connectivity index (χ0n) is 17.2. The summed E-state index contributed by atoms with van der Waals surface area (Å²) in [7, 11) is 0. The van der Waals surface area contributed by atoms with Crippen molar-refractivity contribution in [1.82, 2.24) is 0 Å². The van der Waals surface area contributed by atoms with Crippen LogP contribution in [0.5, 0.6) is 0 Å². The lowest BCUT2D eigenvalue weighted by Crippen LogP contribution is -2.10. The lowest BCUT2D eigenvalue weighted by molar-refractivity contribution is -0.145. The molecule has 25 heavy (non-hydrogen) atoms. The van der Waals surface area contributed by atoms with E-state index in [1.54, 1.807) is 0 Å². The third-order valence-electron chi connectivity index (χ3n) is 4.62. The summed E-state index contributed by atoms with van der Waals surface area (Å²) in [5, 5.41) is 0. The molecular weight excluding hydrogens is 312 g/mol. The standard InChI is InChI=1S/C22H44O3/c1-3-5-7-9-10-11-12-13-14-15-17-19-24-20-21-25-22(23)18-16-8-6-4-2/h3-21H2,1-2H3. The number of hydrogen-bond donors (Lipinski definition) is 0. The monoisotopic (exact) mass is 356 g/mol. The number of esters is 1. The Morgan fingerprint density at radius 3 is 1.60 bits per heavy atom. The molecule has 0 aliphatic carbocycles. The summed E-state index contributed by atoms with van der Waals surface area (Å²) in [6, 6.07) is 0. The maximum absolute atomic E-state index is 11.5. The second kappa shape index (κ2) is 21.5. The molecule has 0 heterocycles. The van der Waals surface area contributed by atoms with Crippen LogP contribution in [0.15, 0.2) is 0 Å². The van der Waals surface area contributed by atoms with Crippen molar-refractivity contribution >= 4 is 5.97 Å². The van der Waals surface area contributed by atoms with Crippen molar-refractivity contribution in [2.45, 2.75) is 117 Å². The molecule has 0 atom stereocenters. The fraction of sp³-hybridized carbons (Fsp3) is 0.955. The molecule has 0 amide bonds. The smallest absolute Gasteiger partial charge is 0.305 e. The summed E-state index contributed by atoms with van der Waals surface area (Å²) in [6.07, 6.45) is 19.9. The number of unbranched alkanes of at least 4 members (excludes halogenated alkanes) is 13. The molecule has 0 rings (SSSR count). The van der Waals surface area contributed by atoms with Crippen LogP contribution >= 0.6 is 0 Å². The molecule has 0 saturated heterocycles. The highest BCUT2D eigenvalue weighted by molar-refractivity contribution is 5.69. The topological polar surface area (TPSA) is 35.5 Å². The zero-order valence-corrected chi connectivity index (χ0v) is 17.2. The van der Waals surface area contributed by atoms with E-state index in [1.165, 1.54) is 77.0 Å². The van der Waals surface area contributed by atoms with Gasteiger partial charge in [0.15, 0.2) is 0 Å². The first-order valence-corrected chi connectivity index (χ1v) is 11.0. The van der Waals surface area contributed by atoms with E-state index >= 15 is 0 Å². The van der Waals surface area contributed by atoms with Crippen LogP contribution in [0.2, 0.25) is 0 Å². The van der Waals surface area contributed by atoms with Crippen molar-refractivity contribution in [2.75, 3.05) is 19.8 Å². The predicted molar refractivity (Wildman–Crippen MR) is 107 cm³/mol. The van der Waals surface area contributed by atoms with E-state index in [0.717, 1.165) is 25.9 Å². The molecule has 0 aromatic carbocycles. The second-order valence-corrected chi connectivity index (χ2v) is 7.18. The molecule has 0 saturated carbocycles. The number of rotatable bonds is 20. The molecule has 0 aliphatic heterocycles. The van der Waals surface area contributed by atoms with Crippen molar-refractivity contribution in [3.05, 3.63) is 0 Å². The number of carbonyl (C=O) groups is 1. The van der Waals surface area contributed by atoms with Gasteiger partial charge in [0.25, 0.3) is 0 Å². The van der Waals surface area contributed by atoms with Gasteiger partial charge in [0.1, 0.15) is 6.61 Å². The van der Waals surface area contributed by atoms with Gasteiger partial charge >= 0.3 is 5.97 Å².